The van der Waals surface area contributed by atoms with Gasteiger partial charge in [0.1, 0.15) is 5.75 Å². The minimum atomic E-state index is -0.0149. The van der Waals surface area contributed by atoms with Crippen LogP contribution >= 0.6 is 0 Å². The second kappa shape index (κ2) is 5.12. The SMILES string of the molecule is COc1ccc(C(=O)N2CC=C(C)CC2)c(N)c1. The van der Waals surface area contributed by atoms with Gasteiger partial charge in [0.05, 0.1) is 12.7 Å². The van der Waals surface area contributed by atoms with Gasteiger partial charge in [0.2, 0.25) is 0 Å². The van der Waals surface area contributed by atoms with E-state index in [1.165, 1.54) is 5.57 Å². The van der Waals surface area contributed by atoms with Crippen LogP contribution in [0.3, 0.4) is 0 Å². The molecule has 18 heavy (non-hydrogen) atoms. The van der Waals surface area contributed by atoms with Crippen molar-refractivity contribution in [1.82, 2.24) is 4.90 Å². The van der Waals surface area contributed by atoms with Gasteiger partial charge in [-0.3, -0.25) is 4.79 Å². The topological polar surface area (TPSA) is 55.6 Å². The largest absolute Gasteiger partial charge is 0.497 e. The second-order valence-corrected chi connectivity index (χ2v) is 4.50. The van der Waals surface area contributed by atoms with Crippen LogP contribution in [0.1, 0.15) is 23.7 Å². The van der Waals surface area contributed by atoms with Crippen molar-refractivity contribution in [1.29, 1.82) is 0 Å². The average molecular weight is 246 g/mol. The van der Waals surface area contributed by atoms with E-state index < -0.39 is 0 Å². The van der Waals surface area contributed by atoms with Crippen LogP contribution in [-0.4, -0.2) is 31.0 Å². The first-order chi connectivity index (χ1) is 8.61. The molecule has 2 rings (SSSR count). The van der Waals surface area contributed by atoms with E-state index in [2.05, 4.69) is 13.0 Å². The molecule has 4 heteroatoms. The first kappa shape index (κ1) is 12.5. The third-order valence-corrected chi connectivity index (χ3v) is 3.21. The van der Waals surface area contributed by atoms with Crippen molar-refractivity contribution in [2.24, 2.45) is 0 Å². The molecule has 0 aromatic heterocycles. The lowest BCUT2D eigenvalue weighted by molar-refractivity contribution is 0.0770. The van der Waals surface area contributed by atoms with Gasteiger partial charge in [-0.1, -0.05) is 11.6 Å². The molecule has 1 heterocycles. The summed E-state index contributed by atoms with van der Waals surface area (Å²) in [6.45, 7) is 3.51. The number of nitrogen functional groups attached to an aromatic ring is 1. The summed E-state index contributed by atoms with van der Waals surface area (Å²) in [7, 11) is 1.58. The van der Waals surface area contributed by atoms with Crippen LogP contribution in [0.25, 0.3) is 0 Å². The van der Waals surface area contributed by atoms with Gasteiger partial charge >= 0.3 is 0 Å². The van der Waals surface area contributed by atoms with E-state index in [-0.39, 0.29) is 5.91 Å². The number of amides is 1. The first-order valence-corrected chi connectivity index (χ1v) is 6.00. The van der Waals surface area contributed by atoms with E-state index in [0.29, 0.717) is 23.5 Å². The quantitative estimate of drug-likeness (QED) is 0.642. The Morgan fingerprint density at radius 2 is 2.22 bits per heavy atom. The average Bonchev–Trinajstić information content (AvgIpc) is 2.38. The van der Waals surface area contributed by atoms with Gasteiger partial charge in [-0.15, -0.1) is 0 Å². The van der Waals surface area contributed by atoms with Gasteiger partial charge in [-0.2, -0.15) is 0 Å². The Hall–Kier alpha value is -1.97. The summed E-state index contributed by atoms with van der Waals surface area (Å²) in [5.74, 6) is 0.650. The maximum Gasteiger partial charge on any atom is 0.256 e. The summed E-state index contributed by atoms with van der Waals surface area (Å²) in [6, 6.07) is 5.16. The Morgan fingerprint density at radius 1 is 1.44 bits per heavy atom. The van der Waals surface area contributed by atoms with E-state index in [9.17, 15) is 4.79 Å². The zero-order valence-electron chi connectivity index (χ0n) is 10.8. The van der Waals surface area contributed by atoms with E-state index in [1.807, 2.05) is 4.90 Å². The Labute approximate surface area is 107 Å². The first-order valence-electron chi connectivity index (χ1n) is 6.00. The van der Waals surface area contributed by atoms with E-state index in [1.54, 1.807) is 25.3 Å². The fourth-order valence-corrected chi connectivity index (χ4v) is 1.99. The number of benzene rings is 1. The predicted molar refractivity (Wildman–Crippen MR) is 71.7 cm³/mol. The number of methoxy groups -OCH3 is 1. The molecular weight excluding hydrogens is 228 g/mol. The number of rotatable bonds is 2. The van der Waals surface area contributed by atoms with Crippen molar-refractivity contribution in [3.05, 3.63) is 35.4 Å². The van der Waals surface area contributed by atoms with E-state index >= 15 is 0 Å². The van der Waals surface area contributed by atoms with Gasteiger partial charge < -0.3 is 15.4 Å². The van der Waals surface area contributed by atoms with Crippen LogP contribution in [0.15, 0.2) is 29.8 Å². The molecule has 0 fully saturated rings. The Morgan fingerprint density at radius 3 is 2.78 bits per heavy atom. The standard InChI is InChI=1S/C14H18N2O2/c1-10-5-7-16(8-6-10)14(17)12-4-3-11(18-2)9-13(12)15/h3-5,9H,6-8,15H2,1-2H3. The molecule has 1 aromatic rings. The summed E-state index contributed by atoms with van der Waals surface area (Å²) in [5, 5.41) is 0. The fraction of sp³-hybridized carbons (Fsp3) is 0.357. The number of hydrogen-bond acceptors (Lipinski definition) is 3. The highest BCUT2D eigenvalue weighted by Gasteiger charge is 2.19. The molecule has 1 aromatic carbocycles. The number of ether oxygens (including phenoxy) is 1. The summed E-state index contributed by atoms with van der Waals surface area (Å²) in [6.07, 6.45) is 3.02. The lowest BCUT2D eigenvalue weighted by Crippen LogP contribution is -2.35. The highest BCUT2D eigenvalue weighted by atomic mass is 16.5. The monoisotopic (exact) mass is 246 g/mol. The molecule has 4 nitrogen and oxygen atoms in total. The molecule has 1 aliphatic rings. The maximum absolute atomic E-state index is 12.3. The van der Waals surface area contributed by atoms with Gasteiger partial charge in [0, 0.05) is 24.8 Å². The maximum atomic E-state index is 12.3. The van der Waals surface area contributed by atoms with Crippen molar-refractivity contribution in [2.75, 3.05) is 25.9 Å². The molecule has 0 bridgehead atoms. The number of nitrogens with zero attached hydrogens (tertiary/aromatic N) is 1. The molecular formula is C14H18N2O2. The molecule has 0 saturated heterocycles. The fourth-order valence-electron chi connectivity index (χ4n) is 1.99. The minimum Gasteiger partial charge on any atom is -0.497 e. The minimum absolute atomic E-state index is 0.0149. The Kier molecular flexibility index (Phi) is 3.55. The number of carbonyl (C=O) groups excluding carboxylic acids is 1. The van der Waals surface area contributed by atoms with Crippen LogP contribution in [0.4, 0.5) is 5.69 Å². The summed E-state index contributed by atoms with van der Waals surface area (Å²) in [4.78, 5) is 14.1. The lowest BCUT2D eigenvalue weighted by atomic mass is 10.1. The number of nitrogens with two attached hydrogens (primary N) is 1. The molecule has 0 saturated carbocycles. The molecule has 2 N–H and O–H groups in total. The van der Waals surface area contributed by atoms with Crippen molar-refractivity contribution in [2.45, 2.75) is 13.3 Å². The van der Waals surface area contributed by atoms with Crippen molar-refractivity contribution < 1.29 is 9.53 Å². The second-order valence-electron chi connectivity index (χ2n) is 4.50. The molecule has 1 amide bonds. The molecule has 0 aliphatic carbocycles. The Bertz CT molecular complexity index is 495. The van der Waals surface area contributed by atoms with E-state index in [0.717, 1.165) is 13.0 Å². The van der Waals surface area contributed by atoms with Gasteiger partial charge in [-0.25, -0.2) is 0 Å². The molecule has 0 unspecified atom stereocenters. The smallest absolute Gasteiger partial charge is 0.256 e. The van der Waals surface area contributed by atoms with Crippen molar-refractivity contribution in [3.63, 3.8) is 0 Å². The van der Waals surface area contributed by atoms with Gasteiger partial charge in [0.25, 0.3) is 5.91 Å². The number of hydrogen-bond donors (Lipinski definition) is 1. The van der Waals surface area contributed by atoms with Crippen LogP contribution in [0.2, 0.25) is 0 Å². The molecule has 0 atom stereocenters. The van der Waals surface area contributed by atoms with Crippen LogP contribution in [0, 0.1) is 0 Å². The summed E-state index contributed by atoms with van der Waals surface area (Å²) in [5.41, 5.74) is 8.23. The normalized spacial score (nSPS) is 15.2. The zero-order chi connectivity index (χ0) is 13.1. The summed E-state index contributed by atoms with van der Waals surface area (Å²) >= 11 is 0. The molecule has 96 valence electrons. The van der Waals surface area contributed by atoms with Crippen molar-refractivity contribution in [3.8, 4) is 5.75 Å². The number of carbonyl (C=O) groups is 1. The lowest BCUT2D eigenvalue weighted by Gasteiger charge is -2.26. The van der Waals surface area contributed by atoms with Crippen LogP contribution in [-0.2, 0) is 0 Å². The predicted octanol–water partition coefficient (Wildman–Crippen LogP) is 2.07. The summed E-state index contributed by atoms with van der Waals surface area (Å²) < 4.78 is 5.07. The van der Waals surface area contributed by atoms with Gasteiger partial charge in [0.15, 0.2) is 0 Å². The van der Waals surface area contributed by atoms with E-state index in [4.69, 9.17) is 10.5 Å². The van der Waals surface area contributed by atoms with Crippen LogP contribution < -0.4 is 10.5 Å². The molecule has 0 radical (unpaired) electrons. The van der Waals surface area contributed by atoms with Crippen LogP contribution in [0.5, 0.6) is 5.75 Å². The molecule has 0 spiro atoms. The third kappa shape index (κ3) is 2.47. The highest BCUT2D eigenvalue weighted by molar-refractivity contribution is 5.99. The zero-order valence-corrected chi connectivity index (χ0v) is 10.8. The molecule has 1 aliphatic heterocycles. The number of anilines is 1. The highest BCUT2D eigenvalue weighted by Crippen LogP contribution is 2.22. The van der Waals surface area contributed by atoms with Gasteiger partial charge in [-0.05, 0) is 25.5 Å². The third-order valence-electron chi connectivity index (χ3n) is 3.21. The Balaban J connectivity index is 2.19. The van der Waals surface area contributed by atoms with Crippen molar-refractivity contribution >= 4 is 11.6 Å².